The molecule has 1 radical (unpaired) electrons. The molecule has 0 spiro atoms. The summed E-state index contributed by atoms with van der Waals surface area (Å²) in [6, 6.07) is 14.4. The van der Waals surface area contributed by atoms with Crippen molar-refractivity contribution >= 4 is 38.1 Å². The van der Waals surface area contributed by atoms with E-state index in [4.69, 9.17) is 5.11 Å². The van der Waals surface area contributed by atoms with Crippen molar-refractivity contribution in [3.05, 3.63) is 71.1 Å². The predicted octanol–water partition coefficient (Wildman–Crippen LogP) is 7.77. The number of thiophene rings is 1. The number of ketones is 1. The fourth-order valence-electron chi connectivity index (χ4n) is 3.74. The largest absolute Gasteiger partial charge is 0.512 e. The van der Waals surface area contributed by atoms with E-state index in [1.807, 2.05) is 0 Å². The van der Waals surface area contributed by atoms with Crippen LogP contribution in [0.15, 0.2) is 53.9 Å². The third-order valence-corrected chi connectivity index (χ3v) is 6.25. The van der Waals surface area contributed by atoms with Gasteiger partial charge in [-0.2, -0.15) is 0 Å². The van der Waals surface area contributed by atoms with Crippen LogP contribution in [0.3, 0.4) is 0 Å². The van der Waals surface area contributed by atoms with Crippen molar-refractivity contribution in [3.63, 3.8) is 0 Å². The fourth-order valence-corrected chi connectivity index (χ4v) is 4.93. The minimum absolute atomic E-state index is 0. The van der Waals surface area contributed by atoms with Crippen molar-refractivity contribution in [2.45, 2.75) is 59.8 Å². The number of allylic oxidation sites excluding steroid dienone is 2. The van der Waals surface area contributed by atoms with E-state index in [9.17, 15) is 4.79 Å². The Labute approximate surface area is 219 Å². The second-order valence-corrected chi connectivity index (χ2v) is 10.4. The van der Waals surface area contributed by atoms with Gasteiger partial charge in [-0.25, -0.2) is 4.98 Å². The number of rotatable bonds is 3. The van der Waals surface area contributed by atoms with Gasteiger partial charge >= 0.3 is 0 Å². The summed E-state index contributed by atoms with van der Waals surface area (Å²) < 4.78 is 1.16. The first-order valence-electron chi connectivity index (χ1n) is 11.0. The van der Waals surface area contributed by atoms with Gasteiger partial charge in [0.1, 0.15) is 6.33 Å². The van der Waals surface area contributed by atoms with Crippen LogP contribution in [0.25, 0.3) is 32.2 Å². The first-order chi connectivity index (χ1) is 15.5. The van der Waals surface area contributed by atoms with Gasteiger partial charge in [0.15, 0.2) is 5.78 Å². The van der Waals surface area contributed by atoms with Crippen molar-refractivity contribution < 1.29 is 30.0 Å². The van der Waals surface area contributed by atoms with Gasteiger partial charge in [-0.05, 0) is 36.1 Å². The maximum atomic E-state index is 10.0. The molecular weight excluding hydrogens is 621 g/mol. The van der Waals surface area contributed by atoms with Gasteiger partial charge in [-0.1, -0.05) is 63.8 Å². The van der Waals surface area contributed by atoms with Gasteiger partial charge < -0.3 is 5.11 Å². The van der Waals surface area contributed by atoms with Gasteiger partial charge in [-0.15, -0.1) is 40.5 Å². The number of aliphatic hydroxyl groups is 1. The molecule has 181 valence electrons. The van der Waals surface area contributed by atoms with E-state index in [1.165, 1.54) is 36.4 Å². The van der Waals surface area contributed by atoms with E-state index in [1.54, 1.807) is 17.7 Å². The number of carbonyl (C=O) groups excluding carboxylic acids is 1. The van der Waals surface area contributed by atoms with Crippen molar-refractivity contribution in [2.75, 3.05) is 0 Å². The Morgan fingerprint density at radius 2 is 1.82 bits per heavy atom. The average molecular weight is 652 g/mol. The predicted molar refractivity (Wildman–Crippen MR) is 139 cm³/mol. The smallest absolute Gasteiger partial charge is 0.155 e. The number of hydrogen-bond donors (Lipinski definition) is 1. The van der Waals surface area contributed by atoms with Crippen molar-refractivity contribution in [2.24, 2.45) is 0 Å². The van der Waals surface area contributed by atoms with Crippen molar-refractivity contribution in [1.82, 2.24) is 9.97 Å². The molecule has 0 aliphatic rings. The summed E-state index contributed by atoms with van der Waals surface area (Å²) in [6.07, 6.45) is 2.86. The van der Waals surface area contributed by atoms with E-state index in [2.05, 4.69) is 86.4 Å². The number of hydrogen-bond acceptors (Lipinski definition) is 5. The Morgan fingerprint density at radius 3 is 2.38 bits per heavy atom. The number of benzene rings is 2. The van der Waals surface area contributed by atoms with Gasteiger partial charge in [-0.3, -0.25) is 9.78 Å². The Hall–Kier alpha value is -2.40. The third-order valence-electron chi connectivity index (χ3n) is 5.25. The zero-order chi connectivity index (χ0) is 24.3. The second kappa shape index (κ2) is 11.4. The average Bonchev–Trinajstić information content (AvgIpc) is 3.16. The second-order valence-electron chi connectivity index (χ2n) is 9.53. The number of nitrogens with zero attached hydrogens (tertiary/aromatic N) is 2. The molecule has 6 heteroatoms. The van der Waals surface area contributed by atoms with Crippen LogP contribution in [0.2, 0.25) is 0 Å². The van der Waals surface area contributed by atoms with Gasteiger partial charge in [0.25, 0.3) is 0 Å². The molecule has 0 atom stereocenters. The summed E-state index contributed by atoms with van der Waals surface area (Å²) in [5.74, 6) is 0.393. The molecule has 4 rings (SSSR count). The molecular formula is C28H31IrN2O2S-. The molecule has 0 aliphatic heterocycles. The van der Waals surface area contributed by atoms with Crippen LogP contribution in [0.1, 0.15) is 65.5 Å². The topological polar surface area (TPSA) is 63.1 Å². The van der Waals surface area contributed by atoms with Gasteiger partial charge in [0.2, 0.25) is 0 Å². The van der Waals surface area contributed by atoms with Crippen LogP contribution < -0.4 is 0 Å². The van der Waals surface area contributed by atoms with Gasteiger partial charge in [0, 0.05) is 36.6 Å². The maximum absolute atomic E-state index is 10.0. The number of fused-ring (bicyclic) bond motifs is 2. The van der Waals surface area contributed by atoms with Crippen LogP contribution in [-0.4, -0.2) is 20.9 Å². The van der Waals surface area contributed by atoms with Crippen molar-refractivity contribution in [1.29, 1.82) is 0 Å². The first-order valence-corrected chi connectivity index (χ1v) is 11.9. The molecule has 2 heterocycles. The molecule has 0 unspecified atom stereocenters. The van der Waals surface area contributed by atoms with Crippen LogP contribution >= 0.6 is 11.3 Å². The Morgan fingerprint density at radius 1 is 1.15 bits per heavy atom. The quantitative estimate of drug-likeness (QED) is 0.140. The summed E-state index contributed by atoms with van der Waals surface area (Å²) in [4.78, 5) is 19.2. The van der Waals surface area contributed by atoms with Gasteiger partial charge in [0.05, 0.1) is 11.3 Å². The summed E-state index contributed by atoms with van der Waals surface area (Å²) in [5.41, 5.74) is 5.80. The summed E-state index contributed by atoms with van der Waals surface area (Å²) in [6.45, 7) is 14.1. The molecule has 0 saturated carbocycles. The van der Waals surface area contributed by atoms with Crippen molar-refractivity contribution in [3.8, 4) is 11.3 Å². The Kier molecular flexibility index (Phi) is 9.29. The first kappa shape index (κ1) is 27.8. The monoisotopic (exact) mass is 652 g/mol. The maximum Gasteiger partial charge on any atom is 0.155 e. The third kappa shape index (κ3) is 6.38. The number of carbonyl (C=O) groups is 1. The minimum atomic E-state index is -0.125. The standard InChI is InChI=1S/C23H23N2S.C5H8O2.Ir/c1-14(2)18-12-26-22-20(24-13-25-21(18)22)16-10-15-8-6-7-9-17(15)19(11-16)23(3,4)5;1-4(6)3-5(2)7;/h6-9,11-14H,1-5H3;3,6H,1-2H3;/q-1;;/b;4-3-;. The van der Waals surface area contributed by atoms with Crippen LogP contribution in [-0.2, 0) is 30.3 Å². The van der Waals surface area contributed by atoms with E-state index in [0.717, 1.165) is 26.9 Å². The Bertz CT molecular complexity index is 1330. The van der Waals surface area contributed by atoms with Crippen LogP contribution in [0.5, 0.6) is 0 Å². The van der Waals surface area contributed by atoms with E-state index in [-0.39, 0.29) is 37.1 Å². The zero-order valence-corrected chi connectivity index (χ0v) is 23.9. The van der Waals surface area contributed by atoms with E-state index in [0.29, 0.717) is 5.92 Å². The molecule has 2 aromatic carbocycles. The fraction of sp³-hybridized carbons (Fsp3) is 0.321. The van der Waals surface area contributed by atoms with Crippen LogP contribution in [0, 0.1) is 6.07 Å². The number of aliphatic hydroxyl groups excluding tert-OH is 1. The molecule has 0 amide bonds. The Balaban J connectivity index is 0.000000449. The molecule has 4 aromatic rings. The molecule has 4 nitrogen and oxygen atoms in total. The summed E-state index contributed by atoms with van der Waals surface area (Å²) in [5, 5.41) is 13.0. The number of aromatic nitrogens is 2. The molecule has 2 aromatic heterocycles. The molecule has 0 saturated heterocycles. The molecule has 0 fully saturated rings. The SMILES string of the molecule is CC(=O)/C=C(/C)O.CC(C)c1csc2c(-c3[c-]c4ccccc4c(C(C)(C)C)c3)ncnc12.[Ir]. The summed E-state index contributed by atoms with van der Waals surface area (Å²) >= 11 is 1.74. The van der Waals surface area contributed by atoms with Crippen LogP contribution in [0.4, 0.5) is 0 Å². The zero-order valence-electron chi connectivity index (χ0n) is 20.7. The normalized spacial score (nSPS) is 11.8. The van der Waals surface area contributed by atoms with E-state index >= 15 is 0 Å². The molecule has 0 aliphatic carbocycles. The molecule has 0 bridgehead atoms. The van der Waals surface area contributed by atoms with E-state index < -0.39 is 0 Å². The minimum Gasteiger partial charge on any atom is -0.512 e. The summed E-state index contributed by atoms with van der Waals surface area (Å²) in [7, 11) is 0. The molecule has 1 N–H and O–H groups in total. The molecule has 34 heavy (non-hydrogen) atoms.